The second kappa shape index (κ2) is 7.75. The summed E-state index contributed by atoms with van der Waals surface area (Å²) in [7, 11) is 0. The van der Waals surface area contributed by atoms with Crippen molar-refractivity contribution in [2.24, 2.45) is 0 Å². The highest BCUT2D eigenvalue weighted by Crippen LogP contribution is 2.16. The Morgan fingerprint density at radius 2 is 1.72 bits per heavy atom. The van der Waals surface area contributed by atoms with Gasteiger partial charge < -0.3 is 14.8 Å². The molecular formula is C15H22NO2-. The highest BCUT2D eigenvalue weighted by molar-refractivity contribution is 5.84. The largest absolute Gasteiger partial charge is 0.530 e. The molecule has 1 amide bonds. The molecule has 18 heavy (non-hydrogen) atoms. The van der Waals surface area contributed by atoms with Crippen LogP contribution in [0.2, 0.25) is 0 Å². The van der Waals surface area contributed by atoms with Gasteiger partial charge in [-0.3, -0.25) is 0 Å². The summed E-state index contributed by atoms with van der Waals surface area (Å²) in [6.07, 6.45) is 4.43. The topological polar surface area (TPSA) is 43.4 Å². The molecule has 0 radical (unpaired) electrons. The van der Waals surface area contributed by atoms with Crippen LogP contribution in [0, 0.1) is 6.92 Å². The van der Waals surface area contributed by atoms with Crippen molar-refractivity contribution in [3.8, 4) is 0 Å². The summed E-state index contributed by atoms with van der Waals surface area (Å²) >= 11 is 0. The van der Waals surface area contributed by atoms with E-state index < -0.39 is 6.09 Å². The summed E-state index contributed by atoms with van der Waals surface area (Å²) in [4.78, 5) is 12.4. The fourth-order valence-electron chi connectivity index (χ4n) is 1.92. The number of carbonyl (C=O) groups excluding carboxylic acids is 1. The number of amides is 1. The van der Waals surface area contributed by atoms with Crippen LogP contribution >= 0.6 is 0 Å². The second-order valence-electron chi connectivity index (χ2n) is 4.67. The van der Waals surface area contributed by atoms with Crippen LogP contribution in [0.25, 0.3) is 0 Å². The first-order valence-electron chi connectivity index (χ1n) is 6.70. The van der Waals surface area contributed by atoms with Gasteiger partial charge in [0.1, 0.15) is 6.09 Å². The van der Waals surface area contributed by atoms with Gasteiger partial charge in [0.15, 0.2) is 0 Å². The number of hydrogen-bond donors (Lipinski definition) is 0. The van der Waals surface area contributed by atoms with Gasteiger partial charge in [-0.1, -0.05) is 50.3 Å². The average Bonchev–Trinajstić information content (AvgIpc) is 2.35. The van der Waals surface area contributed by atoms with Crippen LogP contribution in [0.5, 0.6) is 0 Å². The van der Waals surface area contributed by atoms with Gasteiger partial charge in [0.2, 0.25) is 0 Å². The van der Waals surface area contributed by atoms with E-state index in [1.54, 1.807) is 0 Å². The summed E-state index contributed by atoms with van der Waals surface area (Å²) in [6, 6.07) is 7.50. The molecule has 0 aliphatic heterocycles. The van der Waals surface area contributed by atoms with E-state index in [4.69, 9.17) is 0 Å². The summed E-state index contributed by atoms with van der Waals surface area (Å²) in [5.41, 5.74) is 1.83. The minimum atomic E-state index is -1.12. The van der Waals surface area contributed by atoms with Gasteiger partial charge in [0.25, 0.3) is 0 Å². The maximum atomic E-state index is 11.1. The number of benzene rings is 1. The van der Waals surface area contributed by atoms with Gasteiger partial charge in [-0.25, -0.2) is 0 Å². The summed E-state index contributed by atoms with van der Waals surface area (Å²) in [5.74, 6) is 0. The maximum absolute atomic E-state index is 11.1. The first kappa shape index (κ1) is 14.6. The molecule has 0 saturated carbocycles. The Bertz CT molecular complexity index is 359. The quantitative estimate of drug-likeness (QED) is 0.696. The minimum absolute atomic E-state index is 0.523. The lowest BCUT2D eigenvalue weighted by molar-refractivity contribution is -0.246. The Labute approximate surface area is 109 Å². The van der Waals surface area contributed by atoms with Crippen molar-refractivity contribution in [3.63, 3.8) is 0 Å². The highest BCUT2D eigenvalue weighted by Gasteiger charge is 2.06. The fraction of sp³-hybridized carbons (Fsp3) is 0.533. The van der Waals surface area contributed by atoms with E-state index in [1.165, 1.54) is 24.2 Å². The van der Waals surface area contributed by atoms with Gasteiger partial charge in [0.05, 0.1) is 0 Å². The van der Waals surface area contributed by atoms with E-state index >= 15 is 0 Å². The van der Waals surface area contributed by atoms with E-state index in [-0.39, 0.29) is 0 Å². The molecule has 1 rings (SSSR count). The van der Waals surface area contributed by atoms with E-state index in [9.17, 15) is 9.90 Å². The minimum Gasteiger partial charge on any atom is -0.530 e. The maximum Gasteiger partial charge on any atom is 0.141 e. The van der Waals surface area contributed by atoms with Crippen LogP contribution < -0.4 is 10.0 Å². The van der Waals surface area contributed by atoms with Crippen molar-refractivity contribution in [2.75, 3.05) is 11.4 Å². The zero-order valence-electron chi connectivity index (χ0n) is 11.3. The van der Waals surface area contributed by atoms with Crippen molar-refractivity contribution in [2.45, 2.75) is 46.0 Å². The monoisotopic (exact) mass is 248 g/mol. The third-order valence-electron chi connectivity index (χ3n) is 3.05. The molecule has 1 aromatic rings. The first-order valence-corrected chi connectivity index (χ1v) is 6.70. The van der Waals surface area contributed by atoms with E-state index in [2.05, 4.69) is 6.92 Å². The lowest BCUT2D eigenvalue weighted by Gasteiger charge is -2.25. The van der Waals surface area contributed by atoms with Crippen LogP contribution in [-0.2, 0) is 0 Å². The van der Waals surface area contributed by atoms with Crippen LogP contribution in [0.3, 0.4) is 0 Å². The average molecular weight is 248 g/mol. The zero-order valence-corrected chi connectivity index (χ0v) is 11.3. The molecule has 3 nitrogen and oxygen atoms in total. The number of hydrogen-bond acceptors (Lipinski definition) is 2. The molecule has 0 fully saturated rings. The summed E-state index contributed by atoms with van der Waals surface area (Å²) in [6.45, 7) is 4.67. The third-order valence-corrected chi connectivity index (χ3v) is 3.05. The zero-order chi connectivity index (χ0) is 13.4. The van der Waals surface area contributed by atoms with Gasteiger partial charge in [-0.05, 0) is 25.5 Å². The Kier molecular flexibility index (Phi) is 6.26. The molecule has 0 aromatic heterocycles. The number of carboxylic acid groups (broad SMARTS) is 1. The highest BCUT2D eigenvalue weighted by atomic mass is 16.4. The lowest BCUT2D eigenvalue weighted by Crippen LogP contribution is -2.41. The molecule has 0 aliphatic rings. The fourth-order valence-corrected chi connectivity index (χ4v) is 1.92. The van der Waals surface area contributed by atoms with E-state index in [0.717, 1.165) is 18.4 Å². The Hall–Kier alpha value is -1.51. The normalized spacial score (nSPS) is 10.3. The van der Waals surface area contributed by atoms with Crippen molar-refractivity contribution in [1.29, 1.82) is 0 Å². The number of nitrogens with zero attached hydrogens (tertiary/aromatic N) is 1. The molecule has 0 spiro atoms. The standard InChI is InChI=1S/C15H23NO2/c1-3-4-5-6-7-12-16(15(17)18)14-10-8-13(2)9-11-14/h8-11H,3-7,12H2,1-2H3,(H,17,18)/p-1. The van der Waals surface area contributed by atoms with Gasteiger partial charge in [0, 0.05) is 12.2 Å². The number of unbranched alkanes of at least 4 members (excludes halogenated alkanes) is 4. The number of anilines is 1. The van der Waals surface area contributed by atoms with Crippen molar-refractivity contribution < 1.29 is 9.90 Å². The van der Waals surface area contributed by atoms with Crippen LogP contribution in [0.15, 0.2) is 24.3 Å². The molecule has 0 unspecified atom stereocenters. The van der Waals surface area contributed by atoms with Crippen LogP contribution in [0.1, 0.15) is 44.6 Å². The molecule has 3 heteroatoms. The van der Waals surface area contributed by atoms with Gasteiger partial charge in [-0.15, -0.1) is 0 Å². The van der Waals surface area contributed by atoms with Crippen molar-refractivity contribution in [1.82, 2.24) is 0 Å². The number of rotatable bonds is 7. The molecule has 0 aliphatic carbocycles. The molecule has 0 atom stereocenters. The van der Waals surface area contributed by atoms with Crippen LogP contribution in [0.4, 0.5) is 10.5 Å². The molecule has 0 bridgehead atoms. The van der Waals surface area contributed by atoms with Gasteiger partial charge in [-0.2, -0.15) is 0 Å². The van der Waals surface area contributed by atoms with Crippen LogP contribution in [-0.4, -0.2) is 12.6 Å². The first-order chi connectivity index (χ1) is 8.65. The summed E-state index contributed by atoms with van der Waals surface area (Å²) < 4.78 is 0. The van der Waals surface area contributed by atoms with Crippen molar-refractivity contribution >= 4 is 11.8 Å². The number of aryl methyl sites for hydroxylation is 1. The smallest absolute Gasteiger partial charge is 0.141 e. The molecule has 1 aromatic carbocycles. The Morgan fingerprint density at radius 3 is 2.28 bits per heavy atom. The second-order valence-corrected chi connectivity index (χ2v) is 4.67. The molecular weight excluding hydrogens is 226 g/mol. The molecule has 100 valence electrons. The van der Waals surface area contributed by atoms with E-state index in [1.807, 2.05) is 31.2 Å². The predicted molar refractivity (Wildman–Crippen MR) is 72.7 cm³/mol. The van der Waals surface area contributed by atoms with E-state index in [0.29, 0.717) is 12.2 Å². The SMILES string of the molecule is CCCCCCCN(C(=O)[O-])c1ccc(C)cc1. The number of carbonyl (C=O) groups is 1. The Balaban J connectivity index is 2.50. The molecule has 0 N–H and O–H groups in total. The predicted octanol–water partition coefficient (Wildman–Crippen LogP) is 3.12. The lowest BCUT2D eigenvalue weighted by atomic mass is 10.1. The van der Waals surface area contributed by atoms with Gasteiger partial charge >= 0.3 is 0 Å². The third kappa shape index (κ3) is 4.78. The Morgan fingerprint density at radius 1 is 1.11 bits per heavy atom. The molecule has 0 saturated heterocycles. The molecule has 0 heterocycles. The summed E-state index contributed by atoms with van der Waals surface area (Å²) in [5, 5.41) is 11.1. The van der Waals surface area contributed by atoms with Crippen molar-refractivity contribution in [3.05, 3.63) is 29.8 Å².